The lowest BCUT2D eigenvalue weighted by Gasteiger charge is -2.08. The molecule has 0 unspecified atom stereocenters. The number of carbonyl (C=O) groups is 1. The minimum Gasteiger partial charge on any atom is -0.486 e. The second-order valence-corrected chi connectivity index (χ2v) is 4.63. The van der Waals surface area contributed by atoms with Crippen LogP contribution >= 0.6 is 15.9 Å². The molecule has 0 aliphatic carbocycles. The van der Waals surface area contributed by atoms with Gasteiger partial charge in [-0.1, -0.05) is 15.9 Å². The number of hydrogen-bond acceptors (Lipinski definition) is 3. The van der Waals surface area contributed by atoms with E-state index in [-0.39, 0.29) is 12.2 Å². The molecule has 0 saturated heterocycles. The van der Waals surface area contributed by atoms with E-state index >= 15 is 0 Å². The molecule has 1 heterocycles. The molecular formula is C12H11BrN2O3. The maximum absolute atomic E-state index is 11.0. The summed E-state index contributed by atoms with van der Waals surface area (Å²) in [6.45, 7) is 0.234. The maximum atomic E-state index is 11.0. The number of halogens is 1. The first kappa shape index (κ1) is 12.6. The number of carboxylic acids is 1. The smallest absolute Gasteiger partial charge is 0.339 e. The number of benzene rings is 1. The molecule has 0 spiro atoms. The van der Waals surface area contributed by atoms with Crippen molar-refractivity contribution >= 4 is 21.9 Å². The highest BCUT2D eigenvalue weighted by atomic mass is 79.9. The third-order valence-electron chi connectivity index (χ3n) is 2.32. The SMILES string of the molecule is Cn1ccc(COc2cc(Br)ccc2C(=O)O)n1. The number of ether oxygens (including phenoxy) is 1. The second kappa shape index (κ2) is 5.22. The maximum Gasteiger partial charge on any atom is 0.339 e. The van der Waals surface area contributed by atoms with Gasteiger partial charge in [0.05, 0.1) is 5.69 Å². The molecule has 0 aliphatic rings. The normalized spacial score (nSPS) is 10.3. The highest BCUT2D eigenvalue weighted by Gasteiger charge is 2.12. The van der Waals surface area contributed by atoms with E-state index in [4.69, 9.17) is 9.84 Å². The van der Waals surface area contributed by atoms with E-state index in [2.05, 4.69) is 21.0 Å². The predicted molar refractivity (Wildman–Crippen MR) is 68.6 cm³/mol. The van der Waals surface area contributed by atoms with Gasteiger partial charge in [-0.05, 0) is 24.3 Å². The van der Waals surface area contributed by atoms with Gasteiger partial charge in [0.1, 0.15) is 17.9 Å². The van der Waals surface area contributed by atoms with E-state index < -0.39 is 5.97 Å². The van der Waals surface area contributed by atoms with Gasteiger partial charge in [-0.2, -0.15) is 5.10 Å². The fraction of sp³-hybridized carbons (Fsp3) is 0.167. The lowest BCUT2D eigenvalue weighted by Crippen LogP contribution is -2.04. The Morgan fingerprint density at radius 2 is 2.28 bits per heavy atom. The number of rotatable bonds is 4. The number of aromatic nitrogens is 2. The first-order valence-corrected chi connectivity index (χ1v) is 6.00. The average Bonchev–Trinajstić information content (AvgIpc) is 2.72. The minimum atomic E-state index is -1.02. The van der Waals surface area contributed by atoms with Gasteiger partial charge in [-0.25, -0.2) is 4.79 Å². The molecule has 0 atom stereocenters. The average molecular weight is 311 g/mol. The Morgan fingerprint density at radius 3 is 2.89 bits per heavy atom. The van der Waals surface area contributed by atoms with Crippen LogP contribution in [0.4, 0.5) is 0 Å². The Labute approximate surface area is 112 Å². The minimum absolute atomic E-state index is 0.133. The van der Waals surface area contributed by atoms with Gasteiger partial charge < -0.3 is 9.84 Å². The fourth-order valence-corrected chi connectivity index (χ4v) is 1.82. The van der Waals surface area contributed by atoms with E-state index in [9.17, 15) is 4.79 Å². The summed E-state index contributed by atoms with van der Waals surface area (Å²) in [5.41, 5.74) is 0.878. The molecule has 1 aromatic carbocycles. The molecule has 6 heteroatoms. The van der Waals surface area contributed by atoms with Crippen molar-refractivity contribution in [1.29, 1.82) is 0 Å². The molecule has 0 aliphatic heterocycles. The van der Waals surface area contributed by atoms with Crippen LogP contribution in [0.2, 0.25) is 0 Å². The van der Waals surface area contributed by atoms with Gasteiger partial charge in [0.25, 0.3) is 0 Å². The van der Waals surface area contributed by atoms with Gasteiger partial charge in [-0.15, -0.1) is 0 Å². The Balaban J connectivity index is 2.17. The lowest BCUT2D eigenvalue weighted by molar-refractivity contribution is 0.0691. The molecule has 2 rings (SSSR count). The highest BCUT2D eigenvalue weighted by Crippen LogP contribution is 2.24. The third kappa shape index (κ3) is 2.89. The summed E-state index contributed by atoms with van der Waals surface area (Å²) in [5, 5.41) is 13.2. The van der Waals surface area contributed by atoms with Crippen molar-refractivity contribution in [1.82, 2.24) is 9.78 Å². The summed E-state index contributed by atoms with van der Waals surface area (Å²) in [6.07, 6.45) is 1.80. The van der Waals surface area contributed by atoms with Crippen LogP contribution in [0.25, 0.3) is 0 Å². The van der Waals surface area contributed by atoms with Crippen LogP contribution in [0.15, 0.2) is 34.9 Å². The van der Waals surface area contributed by atoms with Crippen LogP contribution < -0.4 is 4.74 Å². The van der Waals surface area contributed by atoms with Crippen molar-refractivity contribution in [2.45, 2.75) is 6.61 Å². The number of hydrogen-bond donors (Lipinski definition) is 1. The van der Waals surface area contributed by atoms with Crippen molar-refractivity contribution in [3.05, 3.63) is 46.2 Å². The molecule has 18 heavy (non-hydrogen) atoms. The van der Waals surface area contributed by atoms with E-state index in [1.54, 1.807) is 23.0 Å². The van der Waals surface area contributed by atoms with E-state index in [1.807, 2.05) is 13.1 Å². The molecule has 94 valence electrons. The Hall–Kier alpha value is -1.82. The molecular weight excluding hydrogens is 300 g/mol. The molecule has 0 radical (unpaired) electrons. The van der Waals surface area contributed by atoms with Crippen LogP contribution in [0.5, 0.6) is 5.75 Å². The lowest BCUT2D eigenvalue weighted by atomic mass is 10.2. The standard InChI is InChI=1S/C12H11BrN2O3/c1-15-5-4-9(14-15)7-18-11-6-8(13)2-3-10(11)12(16)17/h2-6H,7H2,1H3,(H,16,17). The molecule has 0 saturated carbocycles. The van der Waals surface area contributed by atoms with Crippen LogP contribution in [-0.2, 0) is 13.7 Å². The van der Waals surface area contributed by atoms with Crippen molar-refractivity contribution in [3.63, 3.8) is 0 Å². The van der Waals surface area contributed by atoms with E-state index in [1.165, 1.54) is 6.07 Å². The van der Waals surface area contributed by atoms with E-state index in [0.29, 0.717) is 5.75 Å². The Bertz CT molecular complexity index is 580. The second-order valence-electron chi connectivity index (χ2n) is 3.72. The van der Waals surface area contributed by atoms with Gasteiger partial charge in [0.15, 0.2) is 0 Å². The predicted octanol–water partition coefficient (Wildman–Crippen LogP) is 2.46. The Kier molecular flexibility index (Phi) is 3.66. The highest BCUT2D eigenvalue weighted by molar-refractivity contribution is 9.10. The molecule has 1 N–H and O–H groups in total. The number of nitrogens with zero attached hydrogens (tertiary/aromatic N) is 2. The van der Waals surface area contributed by atoms with Gasteiger partial charge in [0.2, 0.25) is 0 Å². The summed E-state index contributed by atoms with van der Waals surface area (Å²) < 4.78 is 7.92. The quantitative estimate of drug-likeness (QED) is 0.942. The summed E-state index contributed by atoms with van der Waals surface area (Å²) >= 11 is 3.28. The zero-order valence-electron chi connectivity index (χ0n) is 9.63. The van der Waals surface area contributed by atoms with Crippen LogP contribution in [0.3, 0.4) is 0 Å². The topological polar surface area (TPSA) is 64.3 Å². The largest absolute Gasteiger partial charge is 0.486 e. The molecule has 2 aromatic rings. The fourth-order valence-electron chi connectivity index (χ4n) is 1.48. The molecule has 0 amide bonds. The zero-order chi connectivity index (χ0) is 13.1. The van der Waals surface area contributed by atoms with Crippen molar-refractivity contribution in [2.75, 3.05) is 0 Å². The molecule has 0 bridgehead atoms. The number of aryl methyl sites for hydroxylation is 1. The van der Waals surface area contributed by atoms with Gasteiger partial charge >= 0.3 is 5.97 Å². The summed E-state index contributed by atoms with van der Waals surface area (Å²) in [4.78, 5) is 11.0. The van der Waals surface area contributed by atoms with Gasteiger partial charge in [-0.3, -0.25) is 4.68 Å². The molecule has 0 fully saturated rings. The van der Waals surface area contributed by atoms with Crippen molar-refractivity contribution in [3.8, 4) is 5.75 Å². The first-order chi connectivity index (χ1) is 8.56. The number of aromatic carboxylic acids is 1. The zero-order valence-corrected chi connectivity index (χ0v) is 11.2. The Morgan fingerprint density at radius 1 is 1.50 bits per heavy atom. The molecule has 1 aromatic heterocycles. The molecule has 5 nitrogen and oxygen atoms in total. The monoisotopic (exact) mass is 310 g/mol. The van der Waals surface area contributed by atoms with Gasteiger partial charge in [0, 0.05) is 17.7 Å². The summed E-state index contributed by atoms with van der Waals surface area (Å²) in [6, 6.07) is 6.61. The van der Waals surface area contributed by atoms with Crippen molar-refractivity contribution < 1.29 is 14.6 Å². The first-order valence-electron chi connectivity index (χ1n) is 5.20. The van der Waals surface area contributed by atoms with Crippen LogP contribution in [-0.4, -0.2) is 20.9 Å². The van der Waals surface area contributed by atoms with Crippen LogP contribution in [0.1, 0.15) is 16.1 Å². The third-order valence-corrected chi connectivity index (χ3v) is 2.81. The van der Waals surface area contributed by atoms with Crippen LogP contribution in [0, 0.1) is 0 Å². The summed E-state index contributed by atoms with van der Waals surface area (Å²) in [5.74, 6) is -0.693. The van der Waals surface area contributed by atoms with E-state index in [0.717, 1.165) is 10.2 Å². The van der Waals surface area contributed by atoms with Crippen molar-refractivity contribution in [2.24, 2.45) is 7.05 Å². The summed E-state index contributed by atoms with van der Waals surface area (Å²) in [7, 11) is 1.81. The number of carboxylic acid groups (broad SMARTS) is 1.